The van der Waals surface area contributed by atoms with Crippen LogP contribution in [0.25, 0.3) is 0 Å². The Balaban J connectivity index is 1.97. The van der Waals surface area contributed by atoms with Crippen LogP contribution in [0.4, 0.5) is 0 Å². The first-order valence-electron chi connectivity index (χ1n) is 18.1. The molecule has 0 radical (unpaired) electrons. The number of carbonyl (C=O) groups is 1. The van der Waals surface area contributed by atoms with Crippen molar-refractivity contribution in [3.63, 3.8) is 0 Å². The lowest BCUT2D eigenvalue weighted by atomic mass is 9.97. The zero-order chi connectivity index (χ0) is 36.2. The van der Waals surface area contributed by atoms with Crippen molar-refractivity contribution in [2.75, 3.05) is 19.8 Å². The van der Waals surface area contributed by atoms with Crippen LogP contribution in [-0.2, 0) is 23.7 Å². The lowest BCUT2D eigenvalue weighted by molar-refractivity contribution is -0.359. The fourth-order valence-corrected chi connectivity index (χ4v) is 5.77. The van der Waals surface area contributed by atoms with E-state index in [0.29, 0.717) is 12.8 Å². The van der Waals surface area contributed by atoms with Crippen LogP contribution in [0.2, 0.25) is 0 Å². The number of hydrogen-bond donors (Lipinski definition) is 9. The third-order valence-corrected chi connectivity index (χ3v) is 8.89. The Bertz CT molecular complexity index is 935. The largest absolute Gasteiger partial charge is 0.394 e. The van der Waals surface area contributed by atoms with Crippen molar-refractivity contribution in [1.82, 2.24) is 5.32 Å². The molecule has 0 aromatic rings. The average Bonchev–Trinajstić information content (AvgIpc) is 3.09. The summed E-state index contributed by atoms with van der Waals surface area (Å²) in [7, 11) is 0. The van der Waals surface area contributed by atoms with E-state index in [2.05, 4.69) is 24.4 Å². The summed E-state index contributed by atoms with van der Waals surface area (Å²) in [6.07, 6.45) is 3.50. The maximum Gasteiger partial charge on any atom is 0.220 e. The summed E-state index contributed by atoms with van der Waals surface area (Å²) < 4.78 is 22.3. The SMILES string of the molecule is CCCCCCCC/C=C/CC/C=C/C(O)C(COC1OC(CO)C(OC2OC(CO)C(O)C(O)C2O)C(O)C1O)NC(=O)CCCCC. The second kappa shape index (κ2) is 24.6. The summed E-state index contributed by atoms with van der Waals surface area (Å²) >= 11 is 0. The molecule has 49 heavy (non-hydrogen) atoms. The predicted molar refractivity (Wildman–Crippen MR) is 180 cm³/mol. The van der Waals surface area contributed by atoms with Gasteiger partial charge in [-0.25, -0.2) is 0 Å². The van der Waals surface area contributed by atoms with Crippen LogP contribution in [0.15, 0.2) is 24.3 Å². The molecule has 0 aromatic carbocycles. The average molecular weight is 706 g/mol. The second-order valence-corrected chi connectivity index (χ2v) is 13.0. The molecule has 2 aliphatic heterocycles. The maximum atomic E-state index is 12.7. The monoisotopic (exact) mass is 705 g/mol. The van der Waals surface area contributed by atoms with Crippen molar-refractivity contribution >= 4 is 5.91 Å². The van der Waals surface area contributed by atoms with Crippen molar-refractivity contribution in [3.8, 4) is 0 Å². The van der Waals surface area contributed by atoms with Gasteiger partial charge in [-0.3, -0.25) is 4.79 Å². The molecular weight excluding hydrogens is 642 g/mol. The fraction of sp³-hybridized carbons (Fsp3) is 0.857. The third kappa shape index (κ3) is 14.9. The van der Waals surface area contributed by atoms with Crippen LogP contribution >= 0.6 is 0 Å². The van der Waals surface area contributed by atoms with E-state index in [9.17, 15) is 45.6 Å². The number of ether oxygens (including phenoxy) is 4. The van der Waals surface area contributed by atoms with Gasteiger partial charge in [-0.05, 0) is 32.1 Å². The number of aliphatic hydroxyl groups is 8. The highest BCUT2D eigenvalue weighted by Gasteiger charge is 2.50. The molecule has 2 rings (SSSR count). The van der Waals surface area contributed by atoms with Gasteiger partial charge in [-0.2, -0.15) is 0 Å². The van der Waals surface area contributed by atoms with Crippen LogP contribution in [0.3, 0.4) is 0 Å². The molecule has 0 aliphatic carbocycles. The van der Waals surface area contributed by atoms with Gasteiger partial charge in [0, 0.05) is 6.42 Å². The van der Waals surface area contributed by atoms with Gasteiger partial charge in [-0.1, -0.05) is 83.1 Å². The molecule has 0 saturated carbocycles. The Morgan fingerprint density at radius 3 is 2.00 bits per heavy atom. The normalized spacial score (nSPS) is 32.1. The first kappa shape index (κ1) is 43.6. The minimum absolute atomic E-state index is 0.259. The molecule has 0 bridgehead atoms. The first-order chi connectivity index (χ1) is 23.6. The number of rotatable bonds is 24. The van der Waals surface area contributed by atoms with Crippen LogP contribution in [-0.4, -0.2) is 140 Å². The molecule has 12 unspecified atom stereocenters. The molecule has 286 valence electrons. The minimum Gasteiger partial charge on any atom is -0.394 e. The Morgan fingerprint density at radius 2 is 1.31 bits per heavy atom. The lowest BCUT2D eigenvalue weighted by Gasteiger charge is -2.46. The van der Waals surface area contributed by atoms with E-state index in [1.165, 1.54) is 38.5 Å². The maximum absolute atomic E-state index is 12.7. The lowest BCUT2D eigenvalue weighted by Crippen LogP contribution is -2.65. The first-order valence-corrected chi connectivity index (χ1v) is 18.1. The summed E-state index contributed by atoms with van der Waals surface area (Å²) in [6.45, 7) is 2.50. The van der Waals surface area contributed by atoms with Crippen LogP contribution in [0.5, 0.6) is 0 Å². The van der Waals surface area contributed by atoms with E-state index in [1.54, 1.807) is 6.08 Å². The topological polar surface area (TPSA) is 228 Å². The summed E-state index contributed by atoms with van der Waals surface area (Å²) in [5.74, 6) is -0.279. The highest BCUT2D eigenvalue weighted by atomic mass is 16.7. The van der Waals surface area contributed by atoms with Gasteiger partial charge in [0.15, 0.2) is 12.6 Å². The molecule has 0 spiro atoms. The number of aliphatic hydroxyl groups excluding tert-OH is 8. The van der Waals surface area contributed by atoms with E-state index < -0.39 is 86.8 Å². The molecule has 1 amide bonds. The van der Waals surface area contributed by atoms with Gasteiger partial charge in [0.1, 0.15) is 48.8 Å². The van der Waals surface area contributed by atoms with Gasteiger partial charge < -0.3 is 65.1 Å². The molecule has 2 fully saturated rings. The number of amides is 1. The van der Waals surface area contributed by atoms with Crippen LogP contribution < -0.4 is 5.32 Å². The van der Waals surface area contributed by atoms with E-state index in [0.717, 1.165) is 25.7 Å². The summed E-state index contributed by atoms with van der Waals surface area (Å²) in [5.41, 5.74) is 0. The Kier molecular flexibility index (Phi) is 21.9. The standard InChI is InChI=1S/C35H63NO13/c1-3-5-7-8-9-10-11-12-13-14-15-17-18-24(39)23(36-27(40)19-16-6-4-2)22-46-34-32(45)30(43)33(26(21-38)48-34)49-35-31(44)29(42)28(41)25(20-37)47-35/h12-13,17-18,23-26,28-35,37-39,41-45H,3-11,14-16,19-22H2,1-2H3,(H,36,40)/b13-12+,18-17+. The fourth-order valence-electron chi connectivity index (χ4n) is 5.77. The second-order valence-electron chi connectivity index (χ2n) is 13.0. The summed E-state index contributed by atoms with van der Waals surface area (Å²) in [6, 6.07) is -0.919. The van der Waals surface area contributed by atoms with Gasteiger partial charge >= 0.3 is 0 Å². The highest BCUT2D eigenvalue weighted by Crippen LogP contribution is 2.29. The van der Waals surface area contributed by atoms with E-state index in [-0.39, 0.29) is 18.9 Å². The molecule has 12 atom stereocenters. The van der Waals surface area contributed by atoms with Crippen molar-refractivity contribution in [2.45, 2.75) is 171 Å². The van der Waals surface area contributed by atoms with Crippen LogP contribution in [0, 0.1) is 0 Å². The third-order valence-electron chi connectivity index (χ3n) is 8.89. The molecule has 0 aromatic heterocycles. The van der Waals surface area contributed by atoms with Crippen molar-refractivity contribution < 1.29 is 64.6 Å². The summed E-state index contributed by atoms with van der Waals surface area (Å²) in [4.78, 5) is 12.7. The van der Waals surface area contributed by atoms with Gasteiger partial charge in [-0.15, -0.1) is 0 Å². The number of allylic oxidation sites excluding steroid dienone is 3. The van der Waals surface area contributed by atoms with Gasteiger partial charge in [0.25, 0.3) is 0 Å². The van der Waals surface area contributed by atoms with E-state index in [4.69, 9.17) is 18.9 Å². The van der Waals surface area contributed by atoms with E-state index in [1.807, 2.05) is 13.0 Å². The zero-order valence-corrected chi connectivity index (χ0v) is 29.2. The smallest absolute Gasteiger partial charge is 0.220 e. The number of hydrogen-bond acceptors (Lipinski definition) is 13. The number of nitrogens with one attached hydrogen (secondary N) is 1. The predicted octanol–water partition coefficient (Wildman–Crippen LogP) is 0.696. The molecule has 14 nitrogen and oxygen atoms in total. The molecule has 2 saturated heterocycles. The molecule has 2 aliphatic rings. The molecule has 2 heterocycles. The number of unbranched alkanes of at least 4 members (excludes halogenated alkanes) is 9. The molecule has 14 heteroatoms. The molecular formula is C35H63NO13. The van der Waals surface area contributed by atoms with Crippen LogP contribution in [0.1, 0.15) is 97.3 Å². The minimum atomic E-state index is -1.78. The Hall–Kier alpha value is -1.53. The number of carbonyl (C=O) groups excluding carboxylic acids is 1. The highest BCUT2D eigenvalue weighted by molar-refractivity contribution is 5.76. The Labute approximate surface area is 290 Å². The Morgan fingerprint density at radius 1 is 0.714 bits per heavy atom. The van der Waals surface area contributed by atoms with Gasteiger partial charge in [0.05, 0.1) is 32.0 Å². The van der Waals surface area contributed by atoms with E-state index >= 15 is 0 Å². The molecule has 9 N–H and O–H groups in total. The summed E-state index contributed by atoms with van der Waals surface area (Å²) in [5, 5.41) is 85.4. The van der Waals surface area contributed by atoms with Gasteiger partial charge in [0.2, 0.25) is 5.91 Å². The van der Waals surface area contributed by atoms with Crippen molar-refractivity contribution in [1.29, 1.82) is 0 Å². The quantitative estimate of drug-likeness (QED) is 0.0498. The van der Waals surface area contributed by atoms with Crippen molar-refractivity contribution in [2.24, 2.45) is 0 Å². The zero-order valence-electron chi connectivity index (χ0n) is 29.2. The van der Waals surface area contributed by atoms with Crippen molar-refractivity contribution in [3.05, 3.63) is 24.3 Å².